The Labute approximate surface area is 419 Å². The molecule has 3 saturated carbocycles. The van der Waals surface area contributed by atoms with Crippen LogP contribution in [-0.4, -0.2) is 11.3 Å². The van der Waals surface area contributed by atoms with Gasteiger partial charge in [0.1, 0.15) is 0 Å². The summed E-state index contributed by atoms with van der Waals surface area (Å²) in [5.74, 6) is 3.21. The second kappa shape index (κ2) is 12.9. The number of thiophene rings is 1. The number of hydrogen-bond donors (Lipinski definition) is 0. The van der Waals surface area contributed by atoms with Crippen molar-refractivity contribution >= 4 is 88.2 Å². The van der Waals surface area contributed by atoms with E-state index >= 15 is 0 Å². The summed E-state index contributed by atoms with van der Waals surface area (Å²) in [6.07, 6.45) is 11.7. The van der Waals surface area contributed by atoms with Gasteiger partial charge >= 0.3 is 6.85 Å². The first kappa shape index (κ1) is 39.1. The molecule has 5 heterocycles. The van der Waals surface area contributed by atoms with Crippen LogP contribution in [-0.2, 0) is 16.2 Å². The van der Waals surface area contributed by atoms with E-state index in [-0.39, 0.29) is 17.7 Å². The van der Waals surface area contributed by atoms with Gasteiger partial charge in [-0.25, -0.2) is 0 Å². The molecule has 0 radical (unpaired) electrons. The minimum Gasteiger partial charge on any atom is -0.375 e. The fourth-order valence-electron chi connectivity index (χ4n) is 17.3. The van der Waals surface area contributed by atoms with Crippen molar-refractivity contribution in [2.75, 3.05) is 4.90 Å². The number of fused-ring (bicyclic) bond motifs is 23. The van der Waals surface area contributed by atoms with Crippen molar-refractivity contribution in [2.24, 2.45) is 23.7 Å². The first-order chi connectivity index (χ1) is 34.8. The van der Waals surface area contributed by atoms with Gasteiger partial charge in [0.25, 0.3) is 0 Å². The SMILES string of the molecule is CC1C2CCC1CC(C)(c1cc3c4c(c1)c1cc(C5(C)CC=C6CC6C5)ccc1n4B1c4cccc5c4N(c4ccccc4C54c5ccccc5-c5ccccc54)c4cc5c(sc6ccccc65)c-3c41)C2. The zero-order valence-electron chi connectivity index (χ0n) is 40.7. The normalized spacial score (nSPS) is 26.1. The molecular weight excluding hydrogens is 876 g/mol. The number of aromatic nitrogens is 1. The Kier molecular flexibility index (Phi) is 7.09. The number of allylic oxidation sites excluding steroid dienone is 2. The molecule has 3 fully saturated rings. The summed E-state index contributed by atoms with van der Waals surface area (Å²) < 4.78 is 5.68. The van der Waals surface area contributed by atoms with E-state index in [4.69, 9.17) is 0 Å². The van der Waals surface area contributed by atoms with Crippen LogP contribution in [0.2, 0.25) is 0 Å². The molecule has 71 heavy (non-hydrogen) atoms. The molecule has 0 N–H and O–H groups in total. The minimum absolute atomic E-state index is 0.0246. The molecule has 10 aromatic rings. The maximum Gasteiger partial charge on any atom is 0.333 e. The molecule has 8 aromatic carbocycles. The highest BCUT2D eigenvalue weighted by Crippen LogP contribution is 2.65. The van der Waals surface area contributed by atoms with E-state index in [2.05, 4.69) is 188 Å². The second-order valence-corrected chi connectivity index (χ2v) is 25.1. The molecule has 3 aliphatic heterocycles. The van der Waals surface area contributed by atoms with Gasteiger partial charge in [-0.2, -0.15) is 0 Å². The van der Waals surface area contributed by atoms with Gasteiger partial charge in [0.15, 0.2) is 0 Å². The second-order valence-electron chi connectivity index (χ2n) is 24.1. The molecule has 2 bridgehead atoms. The highest BCUT2D eigenvalue weighted by Gasteiger charge is 2.56. The largest absolute Gasteiger partial charge is 0.375 e. The van der Waals surface area contributed by atoms with Crippen LogP contribution in [0.4, 0.5) is 17.1 Å². The summed E-state index contributed by atoms with van der Waals surface area (Å²) in [5.41, 5.74) is 25.4. The van der Waals surface area contributed by atoms with E-state index in [0.29, 0.717) is 0 Å². The summed E-state index contributed by atoms with van der Waals surface area (Å²) in [6.45, 7) is 7.76. The highest BCUT2D eigenvalue weighted by molar-refractivity contribution is 7.26. The molecule has 18 rings (SSSR count). The predicted octanol–water partition coefficient (Wildman–Crippen LogP) is 16.0. The molecule has 4 unspecified atom stereocenters. The maximum atomic E-state index is 2.87. The van der Waals surface area contributed by atoms with Gasteiger partial charge in [-0.3, -0.25) is 0 Å². The van der Waals surface area contributed by atoms with Crippen molar-refractivity contribution in [1.82, 2.24) is 4.48 Å². The Morgan fingerprint density at radius 3 is 2.11 bits per heavy atom. The molecule has 8 aliphatic rings. The summed E-state index contributed by atoms with van der Waals surface area (Å²) in [4.78, 5) is 2.75. The number of anilines is 3. The molecule has 4 heteroatoms. The lowest BCUT2D eigenvalue weighted by molar-refractivity contribution is 0.162. The van der Waals surface area contributed by atoms with Crippen molar-refractivity contribution in [3.05, 3.63) is 197 Å². The molecule has 340 valence electrons. The Morgan fingerprint density at radius 2 is 1.31 bits per heavy atom. The third kappa shape index (κ3) is 4.58. The number of benzene rings is 8. The number of hydrogen-bond acceptors (Lipinski definition) is 2. The topological polar surface area (TPSA) is 8.17 Å². The van der Waals surface area contributed by atoms with E-state index < -0.39 is 5.41 Å². The van der Waals surface area contributed by atoms with Crippen LogP contribution in [0.3, 0.4) is 0 Å². The molecule has 4 atom stereocenters. The molecule has 0 saturated heterocycles. The van der Waals surface area contributed by atoms with E-state index in [0.717, 1.165) is 30.1 Å². The van der Waals surface area contributed by atoms with E-state index in [9.17, 15) is 0 Å². The van der Waals surface area contributed by atoms with Crippen LogP contribution in [0.15, 0.2) is 163 Å². The van der Waals surface area contributed by atoms with Crippen LogP contribution in [0.1, 0.15) is 99.1 Å². The van der Waals surface area contributed by atoms with Gasteiger partial charge in [0.2, 0.25) is 0 Å². The van der Waals surface area contributed by atoms with Crippen molar-refractivity contribution in [3.8, 4) is 22.3 Å². The van der Waals surface area contributed by atoms with Crippen LogP contribution in [0.5, 0.6) is 0 Å². The summed E-state index contributed by atoms with van der Waals surface area (Å²) in [7, 11) is 0. The van der Waals surface area contributed by atoms with Gasteiger partial charge in [0.05, 0.1) is 11.1 Å². The van der Waals surface area contributed by atoms with Crippen molar-refractivity contribution < 1.29 is 0 Å². The fraction of sp³-hybridized carbons (Fsp3) is 0.254. The quantitative estimate of drug-likeness (QED) is 0.124. The zero-order valence-corrected chi connectivity index (χ0v) is 41.5. The van der Waals surface area contributed by atoms with E-state index in [1.807, 2.05) is 11.3 Å². The summed E-state index contributed by atoms with van der Waals surface area (Å²) in [6, 6.07) is 60.7. The molecule has 0 amide bonds. The lowest BCUT2D eigenvalue weighted by Crippen LogP contribution is -2.58. The third-order valence-electron chi connectivity index (χ3n) is 20.7. The van der Waals surface area contributed by atoms with E-state index in [1.54, 1.807) is 11.1 Å². The van der Waals surface area contributed by atoms with Gasteiger partial charge in [-0.05, 0) is 177 Å². The third-order valence-corrected chi connectivity index (χ3v) is 21.9. The Hall–Kier alpha value is -6.62. The molecule has 1 spiro atoms. The summed E-state index contributed by atoms with van der Waals surface area (Å²) in [5, 5.41) is 5.65. The predicted molar refractivity (Wildman–Crippen MR) is 298 cm³/mol. The van der Waals surface area contributed by atoms with Gasteiger partial charge in [0, 0.05) is 64.5 Å². The maximum absolute atomic E-state index is 2.87. The first-order valence-corrected chi connectivity index (χ1v) is 27.6. The van der Waals surface area contributed by atoms with Gasteiger partial charge in [-0.1, -0.05) is 142 Å². The first-order valence-electron chi connectivity index (χ1n) is 26.8. The number of rotatable bonds is 2. The van der Waals surface area contributed by atoms with Crippen molar-refractivity contribution in [1.29, 1.82) is 0 Å². The van der Waals surface area contributed by atoms with Crippen LogP contribution >= 0.6 is 11.3 Å². The number of para-hydroxylation sites is 2. The average Bonchev–Trinajstić information content (AvgIpc) is 3.72. The molecule has 2 aromatic heterocycles. The minimum atomic E-state index is -0.479. The number of nitrogens with zero attached hydrogens (tertiary/aromatic N) is 2. The van der Waals surface area contributed by atoms with Crippen molar-refractivity contribution in [2.45, 2.75) is 82.0 Å². The Balaban J connectivity index is 1.00. The molecular formula is C67H53BN2S. The summed E-state index contributed by atoms with van der Waals surface area (Å²) >= 11 is 2.02. The standard InChI is InChI=1S/C67H53BN2S/c1-37-39-23-24-40(37)35-66(3,34-39)43-31-48-47-30-42(65(2)28-27-38-29-41(38)36-65)25-26-56(47)70-62(48)50(32-43)60-61-58(33-49-46-15-6-11-22-59(46)71-64(49)60)69-57-21-10-9-18-53(57)67(54-19-12-20-55(63(54)69)68(61)70)51-16-7-4-13-44(51)45-14-5-8-17-52(45)67/h4-22,25-27,30-33,37,39-41H,23-24,28-29,34-36H2,1-3H3. The fourth-order valence-corrected chi connectivity index (χ4v) is 18.6. The Bertz CT molecular complexity index is 4100. The van der Waals surface area contributed by atoms with Crippen LogP contribution in [0.25, 0.3) is 64.2 Å². The average molecular weight is 929 g/mol. The molecule has 2 nitrogen and oxygen atoms in total. The van der Waals surface area contributed by atoms with Gasteiger partial charge in [-0.15, -0.1) is 11.3 Å². The lowest BCUT2D eigenvalue weighted by atomic mass is 9.44. The highest BCUT2D eigenvalue weighted by atomic mass is 32.1. The molecule has 5 aliphatic carbocycles. The van der Waals surface area contributed by atoms with Crippen LogP contribution < -0.4 is 15.8 Å². The van der Waals surface area contributed by atoms with E-state index in [1.165, 1.54) is 159 Å². The zero-order chi connectivity index (χ0) is 46.4. The van der Waals surface area contributed by atoms with Crippen molar-refractivity contribution in [3.63, 3.8) is 0 Å². The monoisotopic (exact) mass is 928 g/mol. The van der Waals surface area contributed by atoms with Gasteiger partial charge < -0.3 is 9.38 Å². The smallest absolute Gasteiger partial charge is 0.333 e. The van der Waals surface area contributed by atoms with Crippen LogP contribution in [0, 0.1) is 23.7 Å². The Morgan fingerprint density at radius 1 is 0.592 bits per heavy atom. The lowest BCUT2D eigenvalue weighted by Gasteiger charge is -2.49.